The molecule has 0 saturated carbocycles. The van der Waals surface area contributed by atoms with E-state index in [1.54, 1.807) is 0 Å². The lowest BCUT2D eigenvalue weighted by Crippen LogP contribution is -2.26. The minimum absolute atomic E-state index is 0.162. The van der Waals surface area contributed by atoms with Gasteiger partial charge in [0.15, 0.2) is 6.29 Å². The molecule has 0 aliphatic carbocycles. The first-order valence-corrected chi connectivity index (χ1v) is 6.78. The van der Waals surface area contributed by atoms with Crippen LogP contribution in [0.1, 0.15) is 18.4 Å². The number of nitrogens with zero attached hydrogens (tertiary/aromatic N) is 1. The highest BCUT2D eigenvalue weighted by molar-refractivity contribution is 5.81. The molecule has 0 radical (unpaired) electrons. The Hall–Kier alpha value is -2.12. The van der Waals surface area contributed by atoms with Crippen molar-refractivity contribution in [2.24, 2.45) is 10.8 Å². The number of nitrogens with two attached hydrogens (primary N) is 1. The fourth-order valence-corrected chi connectivity index (χ4v) is 1.80. The molecule has 2 amide bonds. The summed E-state index contributed by atoms with van der Waals surface area (Å²) in [5, 5.41) is 3.67. The van der Waals surface area contributed by atoms with Crippen LogP contribution in [0.2, 0.25) is 0 Å². The molecule has 1 fully saturated rings. The van der Waals surface area contributed by atoms with Crippen molar-refractivity contribution in [3.63, 3.8) is 0 Å². The molecule has 0 atom stereocenters. The number of primary amides is 1. The van der Waals surface area contributed by atoms with E-state index in [9.17, 15) is 4.79 Å². The average molecular weight is 293 g/mol. The predicted octanol–water partition coefficient (Wildman–Crippen LogP) is 1.22. The number of hydrogen-bond donors (Lipinski definition) is 2. The van der Waals surface area contributed by atoms with Crippen molar-refractivity contribution in [2.75, 3.05) is 19.8 Å². The molecule has 1 aliphatic heterocycles. The molecule has 1 saturated heterocycles. The quantitative estimate of drug-likeness (QED) is 0.609. The maximum atomic E-state index is 10.4. The fraction of sp³-hybridized carbons (Fsp3) is 0.429. The van der Waals surface area contributed by atoms with E-state index in [0.717, 1.165) is 30.9 Å². The van der Waals surface area contributed by atoms with E-state index in [1.165, 1.54) is 6.21 Å². The molecular weight excluding hydrogens is 274 g/mol. The molecule has 0 unspecified atom stereocenters. The van der Waals surface area contributed by atoms with E-state index in [4.69, 9.17) is 19.9 Å². The van der Waals surface area contributed by atoms with Crippen molar-refractivity contribution in [3.05, 3.63) is 29.8 Å². The molecule has 1 heterocycles. The zero-order valence-corrected chi connectivity index (χ0v) is 11.7. The summed E-state index contributed by atoms with van der Waals surface area (Å²) in [4.78, 5) is 10.4. The molecule has 21 heavy (non-hydrogen) atoms. The van der Waals surface area contributed by atoms with Crippen LogP contribution < -0.4 is 15.9 Å². The number of carbonyl (C=O) groups is 1. The van der Waals surface area contributed by atoms with Crippen LogP contribution in [-0.2, 0) is 9.47 Å². The molecule has 114 valence electrons. The number of rotatable bonds is 6. The third-order valence-electron chi connectivity index (χ3n) is 2.79. The molecule has 0 spiro atoms. The summed E-state index contributed by atoms with van der Waals surface area (Å²) in [6.45, 7) is 2.03. The lowest BCUT2D eigenvalue weighted by atomic mass is 10.2. The van der Waals surface area contributed by atoms with Gasteiger partial charge < -0.3 is 19.9 Å². The second kappa shape index (κ2) is 8.23. The van der Waals surface area contributed by atoms with Gasteiger partial charge in [0.2, 0.25) is 0 Å². The Morgan fingerprint density at radius 2 is 2.10 bits per heavy atom. The summed E-state index contributed by atoms with van der Waals surface area (Å²) in [6.07, 6.45) is 2.99. The number of benzene rings is 1. The minimum atomic E-state index is -0.696. The molecule has 1 aromatic rings. The number of ether oxygens (including phenoxy) is 3. The van der Waals surface area contributed by atoms with Gasteiger partial charge in [0, 0.05) is 6.42 Å². The number of carbonyl (C=O) groups excluding carboxylic acids is 1. The maximum Gasteiger partial charge on any atom is 0.332 e. The lowest BCUT2D eigenvalue weighted by molar-refractivity contribution is -0.183. The Morgan fingerprint density at radius 1 is 1.38 bits per heavy atom. The number of hydrazone groups is 1. The first kappa shape index (κ1) is 15.3. The van der Waals surface area contributed by atoms with E-state index in [1.807, 2.05) is 24.3 Å². The van der Waals surface area contributed by atoms with Gasteiger partial charge >= 0.3 is 6.03 Å². The Labute approximate surface area is 123 Å². The van der Waals surface area contributed by atoms with Gasteiger partial charge in [-0.15, -0.1) is 0 Å². The van der Waals surface area contributed by atoms with Crippen LogP contribution in [0.4, 0.5) is 4.79 Å². The highest BCUT2D eigenvalue weighted by atomic mass is 16.7. The van der Waals surface area contributed by atoms with Gasteiger partial charge in [0.1, 0.15) is 5.75 Å². The number of amides is 2. The van der Waals surface area contributed by atoms with Crippen LogP contribution in [0.25, 0.3) is 0 Å². The van der Waals surface area contributed by atoms with Gasteiger partial charge in [-0.3, -0.25) is 0 Å². The summed E-state index contributed by atoms with van der Waals surface area (Å²) in [5.41, 5.74) is 7.85. The molecule has 0 bridgehead atoms. The Bertz CT molecular complexity index is 470. The summed E-state index contributed by atoms with van der Waals surface area (Å²) in [7, 11) is 0. The second-order valence-electron chi connectivity index (χ2n) is 4.47. The molecule has 1 aliphatic rings. The summed E-state index contributed by atoms with van der Waals surface area (Å²) in [6, 6.07) is 6.62. The molecule has 2 rings (SSSR count). The summed E-state index contributed by atoms with van der Waals surface area (Å²) >= 11 is 0. The largest absolute Gasteiger partial charge is 0.493 e. The normalized spacial score (nSPS) is 16.0. The Balaban J connectivity index is 1.71. The van der Waals surface area contributed by atoms with Crippen LogP contribution in [-0.4, -0.2) is 38.4 Å². The smallest absolute Gasteiger partial charge is 0.332 e. The molecule has 1 aromatic carbocycles. The standard InChI is InChI=1S/C14H19N3O4/c15-14(18)17-16-10-11-2-4-12(5-3-11)19-9-6-13-20-7-1-8-21-13/h2-5,10,13H,1,6-9H2,(H3,15,17,18). The van der Waals surface area contributed by atoms with Gasteiger partial charge in [-0.05, 0) is 36.2 Å². The highest BCUT2D eigenvalue weighted by Crippen LogP contribution is 2.13. The minimum Gasteiger partial charge on any atom is -0.493 e. The van der Waals surface area contributed by atoms with Crippen LogP contribution in [0.15, 0.2) is 29.4 Å². The predicted molar refractivity (Wildman–Crippen MR) is 77.2 cm³/mol. The van der Waals surface area contributed by atoms with Crippen LogP contribution in [0, 0.1) is 0 Å². The first-order valence-electron chi connectivity index (χ1n) is 6.78. The van der Waals surface area contributed by atoms with Gasteiger partial charge in [0.25, 0.3) is 0 Å². The number of nitrogens with one attached hydrogen (secondary N) is 1. The van der Waals surface area contributed by atoms with Gasteiger partial charge in [-0.2, -0.15) is 5.10 Å². The van der Waals surface area contributed by atoms with Gasteiger partial charge in [0.05, 0.1) is 26.0 Å². The van der Waals surface area contributed by atoms with E-state index in [0.29, 0.717) is 13.0 Å². The van der Waals surface area contributed by atoms with E-state index in [2.05, 4.69) is 10.5 Å². The zero-order valence-electron chi connectivity index (χ0n) is 11.7. The van der Waals surface area contributed by atoms with Crippen molar-refractivity contribution in [2.45, 2.75) is 19.1 Å². The number of hydrogen-bond acceptors (Lipinski definition) is 5. The van der Waals surface area contributed by atoms with Gasteiger partial charge in [-0.1, -0.05) is 0 Å². The topological polar surface area (TPSA) is 95.2 Å². The Kier molecular flexibility index (Phi) is 5.99. The monoisotopic (exact) mass is 293 g/mol. The van der Waals surface area contributed by atoms with Crippen molar-refractivity contribution < 1.29 is 19.0 Å². The van der Waals surface area contributed by atoms with Crippen LogP contribution in [0.5, 0.6) is 5.75 Å². The highest BCUT2D eigenvalue weighted by Gasteiger charge is 2.13. The molecular formula is C14H19N3O4. The third kappa shape index (κ3) is 5.80. The molecule has 7 nitrogen and oxygen atoms in total. The van der Waals surface area contributed by atoms with E-state index >= 15 is 0 Å². The zero-order chi connectivity index (χ0) is 14.9. The summed E-state index contributed by atoms with van der Waals surface area (Å²) in [5.74, 6) is 0.755. The summed E-state index contributed by atoms with van der Waals surface area (Å²) < 4.78 is 16.5. The van der Waals surface area contributed by atoms with Crippen molar-refractivity contribution in [1.29, 1.82) is 0 Å². The SMILES string of the molecule is NC(=O)NN=Cc1ccc(OCCC2OCCCO2)cc1. The van der Waals surface area contributed by atoms with E-state index in [-0.39, 0.29) is 6.29 Å². The van der Waals surface area contributed by atoms with Crippen LogP contribution >= 0.6 is 0 Å². The van der Waals surface area contributed by atoms with Crippen molar-refractivity contribution in [3.8, 4) is 5.75 Å². The van der Waals surface area contributed by atoms with Crippen LogP contribution in [0.3, 0.4) is 0 Å². The van der Waals surface area contributed by atoms with Crippen molar-refractivity contribution >= 4 is 12.2 Å². The maximum absolute atomic E-state index is 10.4. The molecule has 7 heteroatoms. The number of urea groups is 1. The fourth-order valence-electron chi connectivity index (χ4n) is 1.80. The van der Waals surface area contributed by atoms with Gasteiger partial charge in [-0.25, -0.2) is 10.2 Å². The Morgan fingerprint density at radius 3 is 2.76 bits per heavy atom. The average Bonchev–Trinajstić information content (AvgIpc) is 2.50. The lowest BCUT2D eigenvalue weighted by Gasteiger charge is -2.23. The second-order valence-corrected chi connectivity index (χ2v) is 4.47. The van der Waals surface area contributed by atoms with E-state index < -0.39 is 6.03 Å². The molecule has 0 aromatic heterocycles. The first-order chi connectivity index (χ1) is 10.2. The third-order valence-corrected chi connectivity index (χ3v) is 2.79. The molecule has 3 N–H and O–H groups in total. The van der Waals surface area contributed by atoms with Crippen molar-refractivity contribution in [1.82, 2.24) is 5.43 Å².